The molecule has 0 heterocycles. The fraction of sp³-hybridized carbons (Fsp3) is 0.600. The van der Waals surface area contributed by atoms with Crippen LogP contribution in [0.4, 0.5) is 0 Å². The molecule has 18 heavy (non-hydrogen) atoms. The fourth-order valence-corrected chi connectivity index (χ4v) is 2.71. The molecule has 100 valence electrons. The van der Waals surface area contributed by atoms with Gasteiger partial charge in [0.1, 0.15) is 11.5 Å². The van der Waals surface area contributed by atoms with Gasteiger partial charge in [0, 0.05) is 24.2 Å². The maximum absolute atomic E-state index is 9.89. The largest absolute Gasteiger partial charge is 0.507 e. The molecule has 0 aromatic heterocycles. The number of hydrogen-bond donors (Lipinski definition) is 2. The van der Waals surface area contributed by atoms with Gasteiger partial charge in [-0.3, -0.25) is 0 Å². The standard InChI is InChI=1S/C15H23NO2/c1-10-4-7-14(11(10)2)16-9-12-5-6-13(18-3)8-15(12)17/h5-6,8,10-11,14,16-17H,4,7,9H2,1-3H3. The molecule has 1 aromatic rings. The predicted octanol–water partition coefficient (Wildman–Crippen LogP) is 2.93. The number of phenols is 1. The van der Waals surface area contributed by atoms with Crippen molar-refractivity contribution in [2.75, 3.05) is 7.11 Å². The van der Waals surface area contributed by atoms with E-state index >= 15 is 0 Å². The van der Waals surface area contributed by atoms with Crippen molar-refractivity contribution in [2.24, 2.45) is 11.8 Å². The summed E-state index contributed by atoms with van der Waals surface area (Å²) in [5.41, 5.74) is 0.933. The molecule has 1 fully saturated rings. The van der Waals surface area contributed by atoms with Crippen LogP contribution >= 0.6 is 0 Å². The molecule has 0 bridgehead atoms. The van der Waals surface area contributed by atoms with Gasteiger partial charge in [0.05, 0.1) is 7.11 Å². The highest BCUT2D eigenvalue weighted by Crippen LogP contribution is 2.31. The molecule has 0 spiro atoms. The molecule has 3 nitrogen and oxygen atoms in total. The van der Waals surface area contributed by atoms with Crippen LogP contribution in [0, 0.1) is 11.8 Å². The number of ether oxygens (including phenoxy) is 1. The lowest BCUT2D eigenvalue weighted by Gasteiger charge is -2.20. The minimum atomic E-state index is 0.306. The van der Waals surface area contributed by atoms with E-state index in [-0.39, 0.29) is 0 Å². The first kappa shape index (κ1) is 13.2. The van der Waals surface area contributed by atoms with E-state index in [4.69, 9.17) is 4.74 Å². The smallest absolute Gasteiger partial charge is 0.123 e. The number of hydrogen-bond acceptors (Lipinski definition) is 3. The zero-order valence-corrected chi connectivity index (χ0v) is 11.4. The van der Waals surface area contributed by atoms with Crippen molar-refractivity contribution in [3.05, 3.63) is 23.8 Å². The van der Waals surface area contributed by atoms with Crippen LogP contribution in [0.2, 0.25) is 0 Å². The monoisotopic (exact) mass is 249 g/mol. The summed E-state index contributed by atoms with van der Waals surface area (Å²) in [7, 11) is 1.61. The molecule has 0 amide bonds. The van der Waals surface area contributed by atoms with Gasteiger partial charge >= 0.3 is 0 Å². The summed E-state index contributed by atoms with van der Waals surface area (Å²) in [6.07, 6.45) is 2.53. The van der Waals surface area contributed by atoms with Gasteiger partial charge in [-0.2, -0.15) is 0 Å². The number of nitrogens with one attached hydrogen (secondary N) is 1. The van der Waals surface area contributed by atoms with Crippen LogP contribution in [0.1, 0.15) is 32.3 Å². The third-order valence-electron chi connectivity index (χ3n) is 4.31. The van der Waals surface area contributed by atoms with Gasteiger partial charge in [0.25, 0.3) is 0 Å². The van der Waals surface area contributed by atoms with Crippen LogP contribution in [0.3, 0.4) is 0 Å². The molecular formula is C15H23NO2. The summed E-state index contributed by atoms with van der Waals surface area (Å²) in [4.78, 5) is 0. The first-order valence-electron chi connectivity index (χ1n) is 6.71. The third-order valence-corrected chi connectivity index (χ3v) is 4.31. The Hall–Kier alpha value is -1.22. The second kappa shape index (κ2) is 5.61. The lowest BCUT2D eigenvalue weighted by molar-refractivity contribution is 0.366. The quantitative estimate of drug-likeness (QED) is 0.862. The van der Waals surface area contributed by atoms with Crippen LogP contribution in [-0.4, -0.2) is 18.3 Å². The van der Waals surface area contributed by atoms with Crippen molar-refractivity contribution in [3.8, 4) is 11.5 Å². The zero-order chi connectivity index (χ0) is 13.1. The van der Waals surface area contributed by atoms with Crippen molar-refractivity contribution < 1.29 is 9.84 Å². The van der Waals surface area contributed by atoms with E-state index in [1.54, 1.807) is 13.2 Å². The molecule has 2 N–H and O–H groups in total. The summed E-state index contributed by atoms with van der Waals surface area (Å²) >= 11 is 0. The van der Waals surface area contributed by atoms with Crippen LogP contribution in [-0.2, 0) is 6.54 Å². The second-order valence-electron chi connectivity index (χ2n) is 5.40. The second-order valence-corrected chi connectivity index (χ2v) is 5.40. The average molecular weight is 249 g/mol. The maximum atomic E-state index is 9.89. The number of methoxy groups -OCH3 is 1. The highest BCUT2D eigenvalue weighted by atomic mass is 16.5. The molecule has 0 aliphatic heterocycles. The van der Waals surface area contributed by atoms with Crippen LogP contribution in [0.15, 0.2) is 18.2 Å². The Morgan fingerprint density at radius 3 is 2.67 bits per heavy atom. The summed E-state index contributed by atoms with van der Waals surface area (Å²) in [5, 5.41) is 13.4. The topological polar surface area (TPSA) is 41.5 Å². The van der Waals surface area contributed by atoms with E-state index in [1.807, 2.05) is 12.1 Å². The maximum Gasteiger partial charge on any atom is 0.123 e. The summed E-state index contributed by atoms with van der Waals surface area (Å²) in [6, 6.07) is 6.04. The number of rotatable bonds is 4. The fourth-order valence-electron chi connectivity index (χ4n) is 2.71. The van der Waals surface area contributed by atoms with Crippen molar-refractivity contribution in [1.82, 2.24) is 5.32 Å². The van der Waals surface area contributed by atoms with E-state index < -0.39 is 0 Å². The third kappa shape index (κ3) is 2.78. The molecule has 3 heteroatoms. The Balaban J connectivity index is 1.94. The molecule has 0 saturated heterocycles. The molecule has 1 aliphatic rings. The van der Waals surface area contributed by atoms with Gasteiger partial charge < -0.3 is 15.2 Å². The van der Waals surface area contributed by atoms with Crippen LogP contribution in [0.5, 0.6) is 11.5 Å². The van der Waals surface area contributed by atoms with E-state index in [2.05, 4.69) is 19.2 Å². The molecule has 0 radical (unpaired) electrons. The van der Waals surface area contributed by atoms with Gasteiger partial charge in [-0.1, -0.05) is 19.9 Å². The van der Waals surface area contributed by atoms with Gasteiger partial charge in [-0.25, -0.2) is 0 Å². The molecular weight excluding hydrogens is 226 g/mol. The first-order chi connectivity index (χ1) is 8.61. The molecule has 2 rings (SSSR count). The minimum absolute atomic E-state index is 0.306. The molecule has 1 saturated carbocycles. The van der Waals surface area contributed by atoms with Crippen molar-refractivity contribution in [1.29, 1.82) is 0 Å². The number of aromatic hydroxyl groups is 1. The Bertz CT molecular complexity index is 405. The van der Waals surface area contributed by atoms with Crippen molar-refractivity contribution in [2.45, 2.75) is 39.3 Å². The van der Waals surface area contributed by atoms with Gasteiger partial charge in [-0.05, 0) is 30.7 Å². The molecule has 1 aliphatic carbocycles. The molecule has 3 atom stereocenters. The van der Waals surface area contributed by atoms with Crippen molar-refractivity contribution >= 4 is 0 Å². The van der Waals surface area contributed by atoms with Gasteiger partial charge in [0.2, 0.25) is 0 Å². The Morgan fingerprint density at radius 2 is 2.11 bits per heavy atom. The average Bonchev–Trinajstić information content (AvgIpc) is 2.68. The number of benzene rings is 1. The van der Waals surface area contributed by atoms with Crippen LogP contribution < -0.4 is 10.1 Å². The van der Waals surface area contributed by atoms with E-state index in [0.717, 1.165) is 18.0 Å². The molecule has 1 aromatic carbocycles. The summed E-state index contributed by atoms with van der Waals surface area (Å²) in [6.45, 7) is 5.35. The number of phenolic OH excluding ortho intramolecular Hbond substituents is 1. The van der Waals surface area contributed by atoms with Crippen molar-refractivity contribution in [3.63, 3.8) is 0 Å². The van der Waals surface area contributed by atoms with E-state index in [0.29, 0.717) is 23.5 Å². The Labute approximate surface area is 109 Å². The van der Waals surface area contributed by atoms with E-state index in [1.165, 1.54) is 12.8 Å². The lowest BCUT2D eigenvalue weighted by atomic mass is 9.97. The van der Waals surface area contributed by atoms with Crippen LogP contribution in [0.25, 0.3) is 0 Å². The Morgan fingerprint density at radius 1 is 1.33 bits per heavy atom. The predicted molar refractivity (Wildman–Crippen MR) is 72.8 cm³/mol. The highest BCUT2D eigenvalue weighted by Gasteiger charge is 2.29. The SMILES string of the molecule is COc1ccc(CNC2CCC(C)C2C)c(O)c1. The normalized spacial score (nSPS) is 27.4. The highest BCUT2D eigenvalue weighted by molar-refractivity contribution is 5.39. The van der Waals surface area contributed by atoms with E-state index in [9.17, 15) is 5.11 Å². The zero-order valence-electron chi connectivity index (χ0n) is 11.4. The minimum Gasteiger partial charge on any atom is -0.507 e. The lowest BCUT2D eigenvalue weighted by Crippen LogP contribution is -2.31. The first-order valence-corrected chi connectivity index (χ1v) is 6.71. The summed E-state index contributed by atoms with van der Waals surface area (Å²) in [5.74, 6) is 2.51. The van der Waals surface area contributed by atoms with Gasteiger partial charge in [-0.15, -0.1) is 0 Å². The summed E-state index contributed by atoms with van der Waals surface area (Å²) < 4.78 is 5.08. The molecule has 3 unspecified atom stereocenters. The van der Waals surface area contributed by atoms with Gasteiger partial charge in [0.15, 0.2) is 0 Å². The Kier molecular flexibility index (Phi) is 4.12.